The van der Waals surface area contributed by atoms with Crippen LogP contribution in [0.1, 0.15) is 25.1 Å². The zero-order chi connectivity index (χ0) is 14.2. The first-order valence-corrected chi connectivity index (χ1v) is 7.74. The number of rotatable bonds is 3. The van der Waals surface area contributed by atoms with Gasteiger partial charge in [-0.2, -0.15) is 5.10 Å². The lowest BCUT2D eigenvalue weighted by atomic mass is 9.92. The van der Waals surface area contributed by atoms with E-state index in [2.05, 4.69) is 37.0 Å². The van der Waals surface area contributed by atoms with Crippen LogP contribution in [0.5, 0.6) is 0 Å². The molecule has 0 spiro atoms. The fourth-order valence-corrected chi connectivity index (χ4v) is 3.64. The minimum absolute atomic E-state index is 0.509. The Morgan fingerprint density at radius 2 is 2.11 bits per heavy atom. The first-order valence-electron chi connectivity index (χ1n) is 5.77. The molecule has 1 heterocycles. The van der Waals surface area contributed by atoms with E-state index in [1.54, 1.807) is 23.9 Å². The van der Waals surface area contributed by atoms with E-state index in [0.717, 1.165) is 8.95 Å². The Kier molecular flexibility index (Phi) is 4.40. The second-order valence-electron chi connectivity index (χ2n) is 4.35. The Balaban J connectivity index is 2.61. The molecule has 0 saturated heterocycles. The lowest BCUT2D eigenvalue weighted by Crippen LogP contribution is -2.27. The number of aliphatic hydroxyl groups is 1. The fourth-order valence-electron chi connectivity index (χ4n) is 2.10. The molecule has 0 aliphatic carbocycles. The van der Waals surface area contributed by atoms with Gasteiger partial charge in [0.05, 0.1) is 16.4 Å². The third kappa shape index (κ3) is 2.75. The highest BCUT2D eigenvalue weighted by atomic mass is 79.9. The van der Waals surface area contributed by atoms with Gasteiger partial charge < -0.3 is 5.11 Å². The van der Waals surface area contributed by atoms with Gasteiger partial charge in [-0.05, 0) is 41.9 Å². The fraction of sp³-hybridized carbons (Fsp3) is 0.308. The summed E-state index contributed by atoms with van der Waals surface area (Å²) in [5, 5.41) is 15.7. The maximum atomic E-state index is 10.9. The van der Waals surface area contributed by atoms with Crippen molar-refractivity contribution in [2.24, 2.45) is 0 Å². The smallest absolute Gasteiger partial charge is 0.131 e. The van der Waals surface area contributed by atoms with Crippen LogP contribution in [0.3, 0.4) is 0 Å². The molecule has 0 aliphatic rings. The monoisotopic (exact) mass is 406 g/mol. The van der Waals surface area contributed by atoms with Crippen molar-refractivity contribution in [1.82, 2.24) is 9.78 Å². The normalized spacial score (nSPS) is 14.4. The Morgan fingerprint density at radius 1 is 1.42 bits per heavy atom. The lowest BCUT2D eigenvalue weighted by molar-refractivity contribution is 0.0910. The summed E-state index contributed by atoms with van der Waals surface area (Å²) in [6.45, 7) is 4.36. The second kappa shape index (κ2) is 5.56. The van der Waals surface area contributed by atoms with E-state index in [4.69, 9.17) is 11.6 Å². The molecule has 102 valence electrons. The van der Waals surface area contributed by atoms with E-state index in [-0.39, 0.29) is 0 Å². The Hall–Kier alpha value is -0.360. The molecule has 0 aliphatic heterocycles. The highest BCUT2D eigenvalue weighted by Crippen LogP contribution is 2.38. The molecule has 6 heteroatoms. The van der Waals surface area contributed by atoms with E-state index in [9.17, 15) is 5.11 Å². The zero-order valence-corrected chi connectivity index (χ0v) is 14.4. The molecule has 1 aromatic carbocycles. The molecule has 0 bridgehead atoms. The second-order valence-corrected chi connectivity index (χ2v) is 6.53. The molecule has 2 rings (SSSR count). The Labute approximate surface area is 133 Å². The van der Waals surface area contributed by atoms with Gasteiger partial charge in [0.1, 0.15) is 5.60 Å². The molecule has 0 saturated carbocycles. The van der Waals surface area contributed by atoms with Gasteiger partial charge >= 0.3 is 0 Å². The quantitative estimate of drug-likeness (QED) is 0.821. The van der Waals surface area contributed by atoms with Crippen molar-refractivity contribution in [2.45, 2.75) is 26.0 Å². The SMILES string of the molecule is CCn1ncc(Br)c1C(C)(O)c1ccc(Br)cc1Cl. The van der Waals surface area contributed by atoms with Crippen molar-refractivity contribution in [3.8, 4) is 0 Å². The zero-order valence-electron chi connectivity index (χ0n) is 10.5. The predicted molar refractivity (Wildman–Crippen MR) is 83.4 cm³/mol. The van der Waals surface area contributed by atoms with Crippen LogP contribution in [0.25, 0.3) is 0 Å². The van der Waals surface area contributed by atoms with Crippen LogP contribution in [-0.2, 0) is 12.1 Å². The van der Waals surface area contributed by atoms with E-state index < -0.39 is 5.60 Å². The molecule has 0 radical (unpaired) electrons. The Bertz CT molecular complexity index is 611. The van der Waals surface area contributed by atoms with Crippen molar-refractivity contribution in [3.63, 3.8) is 0 Å². The van der Waals surface area contributed by atoms with E-state index >= 15 is 0 Å². The van der Waals surface area contributed by atoms with Crippen molar-refractivity contribution in [3.05, 3.63) is 49.6 Å². The average molecular weight is 409 g/mol. The molecule has 1 atom stereocenters. The van der Waals surface area contributed by atoms with Gasteiger partial charge in [-0.15, -0.1) is 0 Å². The van der Waals surface area contributed by atoms with Crippen LogP contribution in [0, 0.1) is 0 Å². The van der Waals surface area contributed by atoms with Crippen LogP contribution in [0.4, 0.5) is 0 Å². The molecular formula is C13H13Br2ClN2O. The molecule has 0 fully saturated rings. The number of hydrogen-bond donors (Lipinski definition) is 1. The summed E-state index contributed by atoms with van der Waals surface area (Å²) < 4.78 is 3.39. The van der Waals surface area contributed by atoms with Gasteiger partial charge in [0.2, 0.25) is 0 Å². The molecule has 1 unspecified atom stereocenters. The molecular weight excluding hydrogens is 395 g/mol. The molecule has 2 aromatic rings. The molecule has 19 heavy (non-hydrogen) atoms. The van der Waals surface area contributed by atoms with Crippen LogP contribution in [0.2, 0.25) is 5.02 Å². The summed E-state index contributed by atoms with van der Waals surface area (Å²) in [5.41, 5.74) is 0.121. The minimum Gasteiger partial charge on any atom is -0.379 e. The van der Waals surface area contributed by atoms with Gasteiger partial charge in [0.25, 0.3) is 0 Å². The van der Waals surface area contributed by atoms with Gasteiger partial charge in [0.15, 0.2) is 0 Å². The third-order valence-electron chi connectivity index (χ3n) is 3.01. The van der Waals surface area contributed by atoms with E-state index in [1.165, 1.54) is 0 Å². The first kappa shape index (κ1) is 15.0. The molecule has 1 aromatic heterocycles. The third-order valence-corrected chi connectivity index (χ3v) is 4.40. The van der Waals surface area contributed by atoms with Gasteiger partial charge in [-0.1, -0.05) is 33.6 Å². The number of halogens is 3. The number of aryl methyl sites for hydroxylation is 1. The number of hydrogen-bond acceptors (Lipinski definition) is 2. The van der Waals surface area contributed by atoms with Crippen LogP contribution in [0.15, 0.2) is 33.3 Å². The van der Waals surface area contributed by atoms with E-state index in [1.807, 2.05) is 19.1 Å². The summed E-state index contributed by atoms with van der Waals surface area (Å²) in [6.07, 6.45) is 1.68. The summed E-state index contributed by atoms with van der Waals surface area (Å²) in [7, 11) is 0. The standard InChI is InChI=1S/C13H13Br2ClN2O/c1-3-18-12(10(15)7-17-18)13(2,19)9-5-4-8(14)6-11(9)16/h4-7,19H,3H2,1-2H3. The molecule has 3 nitrogen and oxygen atoms in total. The first-order chi connectivity index (χ1) is 8.87. The number of benzene rings is 1. The molecule has 1 N–H and O–H groups in total. The summed E-state index contributed by atoms with van der Waals surface area (Å²) in [6, 6.07) is 5.44. The highest BCUT2D eigenvalue weighted by molar-refractivity contribution is 9.10. The maximum absolute atomic E-state index is 10.9. The van der Waals surface area contributed by atoms with Gasteiger partial charge in [-0.3, -0.25) is 4.68 Å². The van der Waals surface area contributed by atoms with E-state index in [0.29, 0.717) is 22.8 Å². The number of aromatic nitrogens is 2. The van der Waals surface area contributed by atoms with Crippen LogP contribution < -0.4 is 0 Å². The van der Waals surface area contributed by atoms with Gasteiger partial charge in [0, 0.05) is 21.6 Å². The van der Waals surface area contributed by atoms with Crippen molar-refractivity contribution in [2.75, 3.05) is 0 Å². The number of nitrogens with zero attached hydrogens (tertiary/aromatic N) is 2. The summed E-state index contributed by atoms with van der Waals surface area (Å²) in [4.78, 5) is 0. The minimum atomic E-state index is -1.22. The summed E-state index contributed by atoms with van der Waals surface area (Å²) >= 11 is 13.0. The topological polar surface area (TPSA) is 38.0 Å². The van der Waals surface area contributed by atoms with Gasteiger partial charge in [-0.25, -0.2) is 0 Å². The Morgan fingerprint density at radius 3 is 2.68 bits per heavy atom. The largest absolute Gasteiger partial charge is 0.379 e. The summed E-state index contributed by atoms with van der Waals surface area (Å²) in [5.74, 6) is 0. The average Bonchev–Trinajstić information content (AvgIpc) is 2.70. The van der Waals surface area contributed by atoms with Crippen LogP contribution >= 0.6 is 43.5 Å². The van der Waals surface area contributed by atoms with Crippen molar-refractivity contribution in [1.29, 1.82) is 0 Å². The predicted octanol–water partition coefficient (Wildman–Crippen LogP) is 4.34. The maximum Gasteiger partial charge on any atom is 0.131 e. The lowest BCUT2D eigenvalue weighted by Gasteiger charge is -2.26. The van der Waals surface area contributed by atoms with Crippen LogP contribution in [-0.4, -0.2) is 14.9 Å². The highest BCUT2D eigenvalue weighted by Gasteiger charge is 2.33. The molecule has 0 amide bonds. The van der Waals surface area contributed by atoms with Crippen molar-refractivity contribution >= 4 is 43.5 Å². The van der Waals surface area contributed by atoms with Crippen molar-refractivity contribution < 1.29 is 5.11 Å².